The number of aliphatic carboxylic acids is 1. The van der Waals surface area contributed by atoms with Crippen LogP contribution in [0, 0.1) is 18.8 Å². The Morgan fingerprint density at radius 2 is 1.93 bits per heavy atom. The molecule has 10 heteroatoms. The third-order valence-electron chi connectivity index (χ3n) is 8.60. The van der Waals surface area contributed by atoms with Crippen molar-refractivity contribution in [2.75, 3.05) is 13.1 Å². The number of ether oxygens (including phenoxy) is 1. The molecule has 6 rings (SSSR count). The Bertz CT molecular complexity index is 1500. The van der Waals surface area contributed by atoms with Gasteiger partial charge >= 0.3 is 5.97 Å². The molecule has 0 saturated heterocycles. The number of hydrogen-bond donors (Lipinski definition) is 1. The summed E-state index contributed by atoms with van der Waals surface area (Å²) in [5.74, 6) is -1.32. The molecule has 2 amide bonds. The van der Waals surface area contributed by atoms with Crippen molar-refractivity contribution < 1.29 is 28.8 Å². The summed E-state index contributed by atoms with van der Waals surface area (Å²) in [6.07, 6.45) is 3.12. The lowest BCUT2D eigenvalue weighted by Crippen LogP contribution is -2.50. The number of carbonyl (C=O) groups excluding carboxylic acids is 2. The van der Waals surface area contributed by atoms with Crippen LogP contribution < -0.4 is 4.74 Å². The summed E-state index contributed by atoms with van der Waals surface area (Å²) in [5, 5.41) is 14.5. The molecule has 3 heterocycles. The van der Waals surface area contributed by atoms with Crippen LogP contribution in [0.1, 0.15) is 70.2 Å². The van der Waals surface area contributed by atoms with Crippen LogP contribution in [0.5, 0.6) is 5.75 Å². The average molecular weight is 578 g/mol. The number of amides is 2. The maximum atomic E-state index is 14.2. The zero-order chi connectivity index (χ0) is 28.7. The first-order valence-electron chi connectivity index (χ1n) is 14.1. The second-order valence-corrected chi connectivity index (χ2v) is 11.5. The van der Waals surface area contributed by atoms with Crippen molar-refractivity contribution in [3.63, 3.8) is 0 Å². The molecule has 2 aromatic carbocycles. The topological polar surface area (TPSA) is 113 Å². The van der Waals surface area contributed by atoms with E-state index in [1.807, 2.05) is 24.3 Å². The van der Waals surface area contributed by atoms with Gasteiger partial charge in [0.1, 0.15) is 23.8 Å². The van der Waals surface area contributed by atoms with Crippen molar-refractivity contribution in [2.45, 2.75) is 58.2 Å². The summed E-state index contributed by atoms with van der Waals surface area (Å²) in [5.41, 5.74) is 3.85. The minimum Gasteiger partial charge on any atom is -0.487 e. The van der Waals surface area contributed by atoms with E-state index >= 15 is 0 Å². The smallest absolute Gasteiger partial charge is 0.307 e. The SMILES string of the molecule is Cc1cc(COc2ccc(Cl)c3c2[C@@H](CN2Cc4ccccc4C2=O)N(C(=O)C2CCCC[C@H]2C(=O)O)CC3)no1. The van der Waals surface area contributed by atoms with Crippen molar-refractivity contribution >= 4 is 29.4 Å². The number of rotatable bonds is 7. The van der Waals surface area contributed by atoms with E-state index in [1.165, 1.54) is 0 Å². The van der Waals surface area contributed by atoms with E-state index in [2.05, 4.69) is 5.16 Å². The van der Waals surface area contributed by atoms with Gasteiger partial charge in [-0.2, -0.15) is 0 Å². The number of aromatic nitrogens is 1. The van der Waals surface area contributed by atoms with E-state index in [1.54, 1.807) is 34.9 Å². The standard InChI is InChI=1S/C31H32ClN3O6/c1-18-14-20(33-41-18)17-40-27-11-10-25(32)24-12-13-35(30(37)22-8-4-5-9-23(22)31(38)39)26(28(24)27)16-34-15-19-6-2-3-7-21(19)29(34)36/h2-3,6-7,10-11,14,22-23,26H,4-5,8-9,12-13,15-17H2,1H3,(H,38,39)/t22?,23-,26-/m1/s1. The van der Waals surface area contributed by atoms with Crippen molar-refractivity contribution in [3.8, 4) is 5.75 Å². The highest BCUT2D eigenvalue weighted by molar-refractivity contribution is 6.31. The molecule has 1 fully saturated rings. The van der Waals surface area contributed by atoms with Gasteiger partial charge in [-0.3, -0.25) is 14.4 Å². The van der Waals surface area contributed by atoms with Gasteiger partial charge in [-0.1, -0.05) is 47.8 Å². The number of hydrogen-bond acceptors (Lipinski definition) is 6. The number of aryl methyl sites for hydroxylation is 1. The lowest BCUT2D eigenvalue weighted by atomic mass is 9.77. The van der Waals surface area contributed by atoms with Crippen molar-refractivity contribution in [1.82, 2.24) is 15.0 Å². The van der Waals surface area contributed by atoms with Crippen molar-refractivity contribution in [2.24, 2.45) is 11.8 Å². The van der Waals surface area contributed by atoms with Gasteiger partial charge in [0.25, 0.3) is 5.91 Å². The molecule has 3 aliphatic rings. The van der Waals surface area contributed by atoms with Gasteiger partial charge in [0.05, 0.1) is 17.9 Å². The second kappa shape index (κ2) is 11.2. The summed E-state index contributed by atoms with van der Waals surface area (Å²) >= 11 is 6.71. The number of fused-ring (bicyclic) bond motifs is 2. The summed E-state index contributed by atoms with van der Waals surface area (Å²) in [4.78, 5) is 43.3. The molecule has 1 aromatic heterocycles. The highest BCUT2D eigenvalue weighted by atomic mass is 35.5. The van der Waals surface area contributed by atoms with Gasteiger partial charge in [-0.15, -0.1) is 0 Å². The number of benzene rings is 2. The minimum atomic E-state index is -0.933. The third-order valence-corrected chi connectivity index (χ3v) is 8.95. The fourth-order valence-corrected chi connectivity index (χ4v) is 6.86. The summed E-state index contributed by atoms with van der Waals surface area (Å²) in [6.45, 7) is 3.00. The van der Waals surface area contributed by atoms with Crippen LogP contribution in [0.4, 0.5) is 0 Å². The largest absolute Gasteiger partial charge is 0.487 e. The van der Waals surface area contributed by atoms with E-state index in [4.69, 9.17) is 20.9 Å². The molecule has 41 heavy (non-hydrogen) atoms. The molecule has 0 radical (unpaired) electrons. The van der Waals surface area contributed by atoms with Gasteiger partial charge < -0.3 is 24.2 Å². The van der Waals surface area contributed by atoms with Crippen LogP contribution in [-0.4, -0.2) is 50.9 Å². The number of carboxylic acid groups (broad SMARTS) is 1. The van der Waals surface area contributed by atoms with Gasteiger partial charge in [0, 0.05) is 41.9 Å². The zero-order valence-electron chi connectivity index (χ0n) is 22.8. The number of nitrogens with zero attached hydrogens (tertiary/aromatic N) is 3. The molecule has 2 aliphatic heterocycles. The Morgan fingerprint density at radius 1 is 1.15 bits per heavy atom. The number of halogens is 1. The molecule has 3 atom stereocenters. The minimum absolute atomic E-state index is 0.0937. The van der Waals surface area contributed by atoms with Gasteiger partial charge in [0.15, 0.2) is 0 Å². The first-order chi connectivity index (χ1) is 19.8. The van der Waals surface area contributed by atoms with E-state index in [-0.39, 0.29) is 25.0 Å². The molecule has 0 bridgehead atoms. The van der Waals surface area contributed by atoms with Crippen LogP contribution >= 0.6 is 11.6 Å². The third kappa shape index (κ3) is 5.19. The molecule has 214 valence electrons. The summed E-state index contributed by atoms with van der Waals surface area (Å²) in [7, 11) is 0. The van der Waals surface area contributed by atoms with Crippen LogP contribution in [0.25, 0.3) is 0 Å². The van der Waals surface area contributed by atoms with Gasteiger partial charge in [0.2, 0.25) is 5.91 Å². The Balaban J connectivity index is 1.38. The van der Waals surface area contributed by atoms with Crippen LogP contribution in [0.2, 0.25) is 5.02 Å². The van der Waals surface area contributed by atoms with E-state index in [9.17, 15) is 19.5 Å². The van der Waals surface area contributed by atoms with Crippen LogP contribution in [0.3, 0.4) is 0 Å². The predicted octanol–water partition coefficient (Wildman–Crippen LogP) is 5.19. The van der Waals surface area contributed by atoms with Crippen molar-refractivity contribution in [3.05, 3.63) is 81.2 Å². The van der Waals surface area contributed by atoms with E-state index < -0.39 is 23.8 Å². The Kier molecular flexibility index (Phi) is 7.46. The summed E-state index contributed by atoms with van der Waals surface area (Å²) in [6, 6.07) is 12.3. The molecule has 9 nitrogen and oxygen atoms in total. The quantitative estimate of drug-likeness (QED) is 0.411. The van der Waals surface area contributed by atoms with Gasteiger partial charge in [-0.05, 0) is 55.5 Å². The lowest BCUT2D eigenvalue weighted by Gasteiger charge is -2.43. The Labute approximate surface area is 243 Å². The van der Waals surface area contributed by atoms with Crippen molar-refractivity contribution in [1.29, 1.82) is 0 Å². The molecule has 1 aliphatic carbocycles. The van der Waals surface area contributed by atoms with E-state index in [0.717, 1.165) is 29.5 Å². The summed E-state index contributed by atoms with van der Waals surface area (Å²) < 4.78 is 11.4. The molecule has 3 aromatic rings. The lowest BCUT2D eigenvalue weighted by molar-refractivity contribution is -0.153. The van der Waals surface area contributed by atoms with E-state index in [0.29, 0.717) is 60.1 Å². The monoisotopic (exact) mass is 577 g/mol. The molecular weight excluding hydrogens is 546 g/mol. The highest BCUT2D eigenvalue weighted by Gasteiger charge is 2.44. The first-order valence-corrected chi connectivity index (χ1v) is 14.5. The normalized spacial score (nSPS) is 21.9. The van der Waals surface area contributed by atoms with Crippen LogP contribution in [-0.2, 0) is 29.2 Å². The fourth-order valence-electron chi connectivity index (χ4n) is 6.60. The highest BCUT2D eigenvalue weighted by Crippen LogP contribution is 2.43. The molecule has 1 saturated carbocycles. The maximum absolute atomic E-state index is 14.2. The second-order valence-electron chi connectivity index (χ2n) is 11.1. The Morgan fingerprint density at radius 3 is 2.66 bits per heavy atom. The fraction of sp³-hybridized carbons (Fsp3) is 0.419. The average Bonchev–Trinajstić information content (AvgIpc) is 3.54. The Hall–Kier alpha value is -3.85. The molecule has 1 unspecified atom stereocenters. The predicted molar refractivity (Wildman–Crippen MR) is 149 cm³/mol. The van der Waals surface area contributed by atoms with Gasteiger partial charge in [-0.25, -0.2) is 0 Å². The zero-order valence-corrected chi connectivity index (χ0v) is 23.6. The maximum Gasteiger partial charge on any atom is 0.307 e. The molecular formula is C31H32ClN3O6. The number of carbonyl (C=O) groups is 3. The first kappa shape index (κ1) is 27.3. The number of carboxylic acids is 1. The molecule has 1 N–H and O–H groups in total. The molecule has 0 spiro atoms. The van der Waals surface area contributed by atoms with Crippen LogP contribution in [0.15, 0.2) is 47.0 Å².